The summed E-state index contributed by atoms with van der Waals surface area (Å²) in [6.07, 6.45) is 0.745. The summed E-state index contributed by atoms with van der Waals surface area (Å²) in [7, 11) is 0. The molecule has 1 aliphatic heterocycles. The van der Waals surface area contributed by atoms with Gasteiger partial charge in [-0.05, 0) is 35.8 Å². The van der Waals surface area contributed by atoms with Crippen LogP contribution < -0.4 is 15.0 Å². The van der Waals surface area contributed by atoms with E-state index in [4.69, 9.17) is 9.26 Å². The van der Waals surface area contributed by atoms with E-state index in [1.165, 1.54) is 0 Å². The highest BCUT2D eigenvalue weighted by Gasteiger charge is 2.24. The maximum atomic E-state index is 12.1. The van der Waals surface area contributed by atoms with Gasteiger partial charge in [0.05, 0.1) is 5.69 Å². The molecule has 0 spiro atoms. The zero-order valence-electron chi connectivity index (χ0n) is 14.1. The largest absolute Gasteiger partial charge is 0.482 e. The Bertz CT molecular complexity index is 895. The van der Waals surface area contributed by atoms with Crippen molar-refractivity contribution >= 4 is 17.5 Å². The number of hydrogen-bond donors (Lipinski definition) is 1. The van der Waals surface area contributed by atoms with Crippen LogP contribution >= 0.6 is 0 Å². The fraction of sp³-hybridized carbons (Fsp3) is 0.211. The first-order valence-corrected chi connectivity index (χ1v) is 8.46. The van der Waals surface area contributed by atoms with Crippen LogP contribution in [0.1, 0.15) is 6.42 Å². The molecule has 2 aromatic carbocycles. The van der Waals surface area contributed by atoms with Crippen LogP contribution in [0.5, 0.6) is 5.75 Å². The number of rotatable bonds is 6. The Morgan fingerprint density at radius 3 is 2.77 bits per heavy atom. The summed E-state index contributed by atoms with van der Waals surface area (Å²) >= 11 is 0. The molecule has 0 aliphatic carbocycles. The second-order valence-electron chi connectivity index (χ2n) is 5.87. The van der Waals surface area contributed by atoms with Gasteiger partial charge in [-0.3, -0.25) is 4.79 Å². The quantitative estimate of drug-likeness (QED) is 0.689. The number of fused-ring (bicyclic) bond motifs is 1. The van der Waals surface area contributed by atoms with Crippen LogP contribution in [-0.2, 0) is 4.79 Å². The number of benzene rings is 2. The van der Waals surface area contributed by atoms with Gasteiger partial charge in [0.25, 0.3) is 17.7 Å². The van der Waals surface area contributed by atoms with Gasteiger partial charge in [0.1, 0.15) is 5.75 Å². The SMILES string of the molecule is O=C1COc2ccccc2N1CCCNc1noc(-c2ccccc2)n1. The molecule has 7 nitrogen and oxygen atoms in total. The maximum Gasteiger partial charge on any atom is 0.265 e. The lowest BCUT2D eigenvalue weighted by molar-refractivity contribution is -0.121. The fourth-order valence-corrected chi connectivity index (χ4v) is 2.83. The zero-order chi connectivity index (χ0) is 17.8. The lowest BCUT2D eigenvalue weighted by Gasteiger charge is -2.29. The van der Waals surface area contributed by atoms with Gasteiger partial charge in [-0.15, -0.1) is 0 Å². The Kier molecular flexibility index (Phi) is 4.51. The van der Waals surface area contributed by atoms with Crippen molar-refractivity contribution in [1.82, 2.24) is 10.1 Å². The Labute approximate surface area is 150 Å². The predicted molar refractivity (Wildman–Crippen MR) is 97.1 cm³/mol. The molecule has 132 valence electrons. The van der Waals surface area contributed by atoms with Crippen molar-refractivity contribution in [3.63, 3.8) is 0 Å². The number of ether oxygens (including phenoxy) is 1. The molecule has 0 bridgehead atoms. The molecule has 0 saturated carbocycles. The first kappa shape index (κ1) is 16.1. The molecule has 1 aromatic heterocycles. The summed E-state index contributed by atoms with van der Waals surface area (Å²) in [4.78, 5) is 18.2. The van der Waals surface area contributed by atoms with E-state index in [2.05, 4.69) is 15.5 Å². The highest BCUT2D eigenvalue weighted by molar-refractivity contribution is 5.97. The third-order valence-corrected chi connectivity index (χ3v) is 4.10. The van der Waals surface area contributed by atoms with Crippen LogP contribution in [0.25, 0.3) is 11.5 Å². The van der Waals surface area contributed by atoms with Gasteiger partial charge in [-0.1, -0.05) is 30.3 Å². The Hall–Kier alpha value is -3.35. The molecule has 3 aromatic rings. The maximum absolute atomic E-state index is 12.1. The molecule has 1 amide bonds. The highest BCUT2D eigenvalue weighted by Crippen LogP contribution is 2.31. The topological polar surface area (TPSA) is 80.5 Å². The second-order valence-corrected chi connectivity index (χ2v) is 5.87. The molecule has 0 atom stereocenters. The molecular formula is C19H18N4O3. The smallest absolute Gasteiger partial charge is 0.265 e. The summed E-state index contributed by atoms with van der Waals surface area (Å²) in [6, 6.07) is 17.2. The number of para-hydroxylation sites is 2. The Morgan fingerprint density at radius 2 is 1.88 bits per heavy atom. The zero-order valence-corrected chi connectivity index (χ0v) is 14.1. The van der Waals surface area contributed by atoms with E-state index in [1.807, 2.05) is 54.6 Å². The van der Waals surface area contributed by atoms with Crippen molar-refractivity contribution in [3.8, 4) is 17.2 Å². The van der Waals surface area contributed by atoms with E-state index >= 15 is 0 Å². The second kappa shape index (κ2) is 7.26. The van der Waals surface area contributed by atoms with Crippen molar-refractivity contribution in [3.05, 3.63) is 54.6 Å². The van der Waals surface area contributed by atoms with E-state index in [1.54, 1.807) is 4.90 Å². The van der Waals surface area contributed by atoms with E-state index in [0.717, 1.165) is 23.4 Å². The third-order valence-electron chi connectivity index (χ3n) is 4.10. The molecule has 0 fully saturated rings. The molecule has 7 heteroatoms. The third kappa shape index (κ3) is 3.37. The van der Waals surface area contributed by atoms with Gasteiger partial charge < -0.3 is 19.5 Å². The number of aromatic nitrogens is 2. The summed E-state index contributed by atoms with van der Waals surface area (Å²) < 4.78 is 10.7. The fourth-order valence-electron chi connectivity index (χ4n) is 2.83. The van der Waals surface area contributed by atoms with E-state index in [-0.39, 0.29) is 12.5 Å². The minimum atomic E-state index is -0.0328. The van der Waals surface area contributed by atoms with Crippen LogP contribution in [0.4, 0.5) is 11.6 Å². The summed E-state index contributed by atoms with van der Waals surface area (Å²) in [6.45, 7) is 1.30. The van der Waals surface area contributed by atoms with Crippen molar-refractivity contribution in [2.45, 2.75) is 6.42 Å². The molecule has 2 heterocycles. The van der Waals surface area contributed by atoms with Crippen LogP contribution in [-0.4, -0.2) is 35.7 Å². The van der Waals surface area contributed by atoms with Crippen LogP contribution in [0.3, 0.4) is 0 Å². The number of carbonyl (C=O) groups is 1. The highest BCUT2D eigenvalue weighted by atomic mass is 16.5. The minimum absolute atomic E-state index is 0.0328. The van der Waals surface area contributed by atoms with E-state index in [0.29, 0.717) is 24.9 Å². The molecule has 1 N–H and O–H groups in total. The van der Waals surface area contributed by atoms with Crippen LogP contribution in [0.2, 0.25) is 0 Å². The number of carbonyl (C=O) groups excluding carboxylic acids is 1. The van der Waals surface area contributed by atoms with Crippen molar-refractivity contribution in [2.24, 2.45) is 0 Å². The first-order valence-electron chi connectivity index (χ1n) is 8.46. The Morgan fingerprint density at radius 1 is 1.08 bits per heavy atom. The number of hydrogen-bond acceptors (Lipinski definition) is 6. The van der Waals surface area contributed by atoms with Crippen molar-refractivity contribution in [2.75, 3.05) is 29.9 Å². The van der Waals surface area contributed by atoms with Crippen LogP contribution in [0, 0.1) is 0 Å². The van der Waals surface area contributed by atoms with Gasteiger partial charge >= 0.3 is 0 Å². The number of nitrogens with zero attached hydrogens (tertiary/aromatic N) is 3. The lowest BCUT2D eigenvalue weighted by Crippen LogP contribution is -2.39. The van der Waals surface area contributed by atoms with E-state index < -0.39 is 0 Å². The molecule has 0 unspecified atom stereocenters. The molecule has 1 aliphatic rings. The van der Waals surface area contributed by atoms with Gasteiger partial charge in [0, 0.05) is 18.7 Å². The Balaban J connectivity index is 1.32. The van der Waals surface area contributed by atoms with Gasteiger partial charge in [-0.2, -0.15) is 4.98 Å². The van der Waals surface area contributed by atoms with Gasteiger partial charge in [0.2, 0.25) is 0 Å². The summed E-state index contributed by atoms with van der Waals surface area (Å²) in [5.74, 6) is 1.63. The normalized spacial score (nSPS) is 13.2. The number of nitrogens with one attached hydrogen (secondary N) is 1. The number of anilines is 2. The average Bonchev–Trinajstić information content (AvgIpc) is 3.16. The minimum Gasteiger partial charge on any atom is -0.482 e. The molecule has 0 radical (unpaired) electrons. The van der Waals surface area contributed by atoms with Crippen molar-refractivity contribution < 1.29 is 14.1 Å². The molecule has 4 rings (SSSR count). The summed E-state index contributed by atoms with van der Waals surface area (Å²) in [5, 5.41) is 7.06. The summed E-state index contributed by atoms with van der Waals surface area (Å²) in [5.41, 5.74) is 1.69. The van der Waals surface area contributed by atoms with Crippen LogP contribution in [0.15, 0.2) is 59.1 Å². The van der Waals surface area contributed by atoms with E-state index in [9.17, 15) is 4.79 Å². The van der Waals surface area contributed by atoms with Gasteiger partial charge in [-0.25, -0.2) is 0 Å². The molecular weight excluding hydrogens is 332 g/mol. The lowest BCUT2D eigenvalue weighted by atomic mass is 10.2. The average molecular weight is 350 g/mol. The molecule has 0 saturated heterocycles. The first-order chi connectivity index (χ1) is 12.8. The monoisotopic (exact) mass is 350 g/mol. The number of amides is 1. The van der Waals surface area contributed by atoms with Crippen molar-refractivity contribution in [1.29, 1.82) is 0 Å². The van der Waals surface area contributed by atoms with Gasteiger partial charge in [0.15, 0.2) is 6.61 Å². The predicted octanol–water partition coefficient (Wildman–Crippen LogP) is 2.96. The standard InChI is InChI=1S/C19H18N4O3/c24-17-13-25-16-10-5-4-9-15(16)23(17)12-6-11-20-19-21-18(26-22-19)14-7-2-1-3-8-14/h1-5,7-10H,6,11-13H2,(H,20,22). The molecule has 26 heavy (non-hydrogen) atoms.